The number of aromatic nitrogens is 2. The van der Waals surface area contributed by atoms with Gasteiger partial charge < -0.3 is 15.1 Å². The van der Waals surface area contributed by atoms with Gasteiger partial charge in [0, 0.05) is 44.2 Å². The molecule has 0 unspecified atom stereocenters. The molecule has 0 radical (unpaired) electrons. The molecule has 35 heavy (non-hydrogen) atoms. The number of piperazine rings is 1. The van der Waals surface area contributed by atoms with Crippen molar-refractivity contribution >= 4 is 16.8 Å². The molecule has 2 saturated heterocycles. The fraction of sp³-hybridized carbons (Fsp3) is 0.500. The molecule has 186 valence electrons. The van der Waals surface area contributed by atoms with Gasteiger partial charge in [-0.05, 0) is 69.1 Å². The minimum absolute atomic E-state index is 0.217. The normalized spacial score (nSPS) is 19.3. The molecular formula is C28H38N6O. The van der Waals surface area contributed by atoms with E-state index in [9.17, 15) is 4.79 Å². The highest BCUT2D eigenvalue weighted by molar-refractivity contribution is 5.84. The lowest BCUT2D eigenvalue weighted by molar-refractivity contribution is -0.135. The number of amides is 1. The molecule has 5 rings (SSSR count). The number of H-pyrrole nitrogens is 1. The monoisotopic (exact) mass is 474 g/mol. The van der Waals surface area contributed by atoms with Crippen molar-refractivity contribution in [3.8, 4) is 0 Å². The molecule has 0 spiro atoms. The zero-order valence-corrected chi connectivity index (χ0v) is 21.0. The Morgan fingerprint density at radius 2 is 1.80 bits per heavy atom. The number of likely N-dealkylation sites (tertiary alicyclic amines) is 1. The largest absolute Gasteiger partial charge is 0.339 e. The van der Waals surface area contributed by atoms with E-state index >= 15 is 0 Å². The molecule has 2 aliphatic rings. The van der Waals surface area contributed by atoms with E-state index in [0.29, 0.717) is 19.0 Å². The maximum absolute atomic E-state index is 13.8. The summed E-state index contributed by atoms with van der Waals surface area (Å²) in [5.41, 5.74) is 4.59. The van der Waals surface area contributed by atoms with Crippen LogP contribution in [-0.4, -0.2) is 89.2 Å². The third kappa shape index (κ3) is 5.74. The van der Waals surface area contributed by atoms with Crippen LogP contribution in [0, 0.1) is 6.92 Å². The van der Waals surface area contributed by atoms with Crippen LogP contribution in [0.5, 0.6) is 0 Å². The zero-order chi connectivity index (χ0) is 24.2. The minimum Gasteiger partial charge on any atom is -0.339 e. The quantitative estimate of drug-likeness (QED) is 0.551. The van der Waals surface area contributed by atoms with Gasteiger partial charge in [0.2, 0.25) is 5.91 Å². The summed E-state index contributed by atoms with van der Waals surface area (Å²) >= 11 is 0. The van der Waals surface area contributed by atoms with Gasteiger partial charge in [-0.15, -0.1) is 0 Å². The maximum Gasteiger partial charge on any atom is 0.240 e. The summed E-state index contributed by atoms with van der Waals surface area (Å²) in [6.07, 6.45) is 5.01. The number of nitrogens with one attached hydrogen (secondary N) is 2. The highest BCUT2D eigenvalue weighted by Crippen LogP contribution is 2.21. The number of carbonyl (C=O) groups excluding carboxylic acids is 1. The van der Waals surface area contributed by atoms with E-state index in [0.717, 1.165) is 42.6 Å². The Morgan fingerprint density at radius 1 is 1.06 bits per heavy atom. The van der Waals surface area contributed by atoms with Crippen LogP contribution in [0.15, 0.2) is 48.7 Å². The van der Waals surface area contributed by atoms with Crippen molar-refractivity contribution in [1.29, 1.82) is 0 Å². The number of piperidine rings is 1. The van der Waals surface area contributed by atoms with Crippen LogP contribution in [0.2, 0.25) is 0 Å². The lowest BCUT2D eigenvalue weighted by Crippen LogP contribution is -2.57. The summed E-state index contributed by atoms with van der Waals surface area (Å²) in [6, 6.07) is 15.1. The average molecular weight is 475 g/mol. The molecule has 3 heterocycles. The van der Waals surface area contributed by atoms with Crippen LogP contribution in [0.25, 0.3) is 10.9 Å². The predicted molar refractivity (Wildman–Crippen MR) is 140 cm³/mol. The fourth-order valence-electron chi connectivity index (χ4n) is 5.64. The number of aryl methyl sites for hydroxylation is 1. The Labute approximate surface area is 208 Å². The molecule has 0 bridgehead atoms. The third-order valence-corrected chi connectivity index (χ3v) is 7.77. The van der Waals surface area contributed by atoms with Crippen molar-refractivity contribution in [3.63, 3.8) is 0 Å². The van der Waals surface area contributed by atoms with E-state index in [1.54, 1.807) is 0 Å². The number of nitrogens with zero attached hydrogens (tertiary/aromatic N) is 4. The van der Waals surface area contributed by atoms with E-state index < -0.39 is 0 Å². The molecule has 1 atom stereocenters. The number of rotatable bonds is 7. The third-order valence-electron chi connectivity index (χ3n) is 7.77. The predicted octanol–water partition coefficient (Wildman–Crippen LogP) is 2.81. The van der Waals surface area contributed by atoms with Gasteiger partial charge in [-0.3, -0.25) is 14.8 Å². The Bertz CT molecular complexity index is 1110. The van der Waals surface area contributed by atoms with Crippen LogP contribution in [0.3, 0.4) is 0 Å². The standard InChI is InChI=1S/C28H38N6O/c1-21-16-23(17-24-20-30-31-27(21)24)18-26(29-19-22-6-4-3-5-7-22)28(35)34-14-12-33(13-15-34)25-8-10-32(2)11-9-25/h3-7,16-17,20,25-26,29H,8-15,18-19H2,1-2H3,(H,30,31)/t26-/m1/s1. The average Bonchev–Trinajstić information content (AvgIpc) is 3.37. The smallest absolute Gasteiger partial charge is 0.240 e. The molecule has 3 aromatic rings. The van der Waals surface area contributed by atoms with Crippen molar-refractivity contribution in [2.45, 2.75) is 44.8 Å². The van der Waals surface area contributed by atoms with Gasteiger partial charge in [-0.25, -0.2) is 0 Å². The Morgan fingerprint density at radius 3 is 2.54 bits per heavy atom. The molecule has 7 nitrogen and oxygen atoms in total. The summed E-state index contributed by atoms with van der Waals surface area (Å²) < 4.78 is 0. The van der Waals surface area contributed by atoms with E-state index in [4.69, 9.17) is 0 Å². The van der Waals surface area contributed by atoms with Crippen molar-refractivity contribution in [3.05, 3.63) is 65.4 Å². The second-order valence-electron chi connectivity index (χ2n) is 10.3. The molecule has 1 aromatic heterocycles. The van der Waals surface area contributed by atoms with Gasteiger partial charge in [0.05, 0.1) is 17.8 Å². The lowest BCUT2D eigenvalue weighted by atomic mass is 9.99. The van der Waals surface area contributed by atoms with E-state index in [-0.39, 0.29) is 11.9 Å². The summed E-state index contributed by atoms with van der Waals surface area (Å²) in [7, 11) is 2.21. The number of hydrogen-bond donors (Lipinski definition) is 2. The highest BCUT2D eigenvalue weighted by atomic mass is 16.2. The first-order valence-electron chi connectivity index (χ1n) is 13.0. The first kappa shape index (κ1) is 24.0. The Kier molecular flexibility index (Phi) is 7.46. The number of hydrogen-bond acceptors (Lipinski definition) is 5. The number of fused-ring (bicyclic) bond motifs is 1. The molecule has 2 aromatic carbocycles. The van der Waals surface area contributed by atoms with Crippen molar-refractivity contribution in [1.82, 2.24) is 30.2 Å². The second-order valence-corrected chi connectivity index (χ2v) is 10.3. The first-order valence-corrected chi connectivity index (χ1v) is 13.0. The topological polar surface area (TPSA) is 67.5 Å². The number of aromatic amines is 1. The number of carbonyl (C=O) groups is 1. The van der Waals surface area contributed by atoms with Crippen molar-refractivity contribution in [2.24, 2.45) is 0 Å². The Hall–Kier alpha value is -2.74. The van der Waals surface area contributed by atoms with E-state index in [1.165, 1.54) is 37.1 Å². The summed E-state index contributed by atoms with van der Waals surface area (Å²) in [4.78, 5) is 20.9. The van der Waals surface area contributed by atoms with Gasteiger partial charge in [0.25, 0.3) is 0 Å². The van der Waals surface area contributed by atoms with Crippen LogP contribution < -0.4 is 5.32 Å². The summed E-state index contributed by atoms with van der Waals surface area (Å²) in [5.74, 6) is 0.217. The van der Waals surface area contributed by atoms with E-state index in [2.05, 4.69) is 68.5 Å². The minimum atomic E-state index is -0.256. The SMILES string of the molecule is Cc1cc(C[C@@H](NCc2ccccc2)C(=O)N2CCN(C3CCN(C)CC3)CC2)cc2cn[nH]c12. The van der Waals surface area contributed by atoms with Gasteiger partial charge in [0.1, 0.15) is 0 Å². The van der Waals surface area contributed by atoms with Crippen LogP contribution in [-0.2, 0) is 17.8 Å². The molecule has 0 saturated carbocycles. The fourth-order valence-corrected chi connectivity index (χ4v) is 5.64. The van der Waals surface area contributed by atoms with Gasteiger partial charge in [0.15, 0.2) is 0 Å². The van der Waals surface area contributed by atoms with Crippen LogP contribution >= 0.6 is 0 Å². The van der Waals surface area contributed by atoms with Gasteiger partial charge >= 0.3 is 0 Å². The van der Waals surface area contributed by atoms with E-state index in [1.807, 2.05) is 24.4 Å². The lowest BCUT2D eigenvalue weighted by Gasteiger charge is -2.42. The summed E-state index contributed by atoms with van der Waals surface area (Å²) in [6.45, 7) is 8.71. The summed E-state index contributed by atoms with van der Waals surface area (Å²) in [5, 5.41) is 12.0. The van der Waals surface area contributed by atoms with Gasteiger partial charge in [-0.1, -0.05) is 36.4 Å². The molecule has 2 fully saturated rings. The molecule has 0 aliphatic carbocycles. The molecule has 7 heteroatoms. The molecular weight excluding hydrogens is 436 g/mol. The van der Waals surface area contributed by atoms with Gasteiger partial charge in [-0.2, -0.15) is 5.10 Å². The van der Waals surface area contributed by atoms with Crippen LogP contribution in [0.1, 0.15) is 29.5 Å². The molecule has 1 amide bonds. The van der Waals surface area contributed by atoms with Crippen molar-refractivity contribution < 1.29 is 4.79 Å². The van der Waals surface area contributed by atoms with Crippen LogP contribution in [0.4, 0.5) is 0 Å². The zero-order valence-electron chi connectivity index (χ0n) is 21.0. The second kappa shape index (κ2) is 10.9. The van der Waals surface area contributed by atoms with Crippen molar-refractivity contribution in [2.75, 3.05) is 46.3 Å². The molecule has 2 N–H and O–H groups in total. The maximum atomic E-state index is 13.8. The number of benzene rings is 2. The first-order chi connectivity index (χ1) is 17.1. The Balaban J connectivity index is 1.26. The highest BCUT2D eigenvalue weighted by Gasteiger charge is 2.31. The molecule has 2 aliphatic heterocycles.